The Balaban J connectivity index is 2.16. The molecule has 94 valence electrons. The number of ether oxygens (including phenoxy) is 1. The Morgan fingerprint density at radius 1 is 1.33 bits per heavy atom. The average Bonchev–Trinajstić information content (AvgIpc) is 2.90. The highest BCUT2D eigenvalue weighted by Crippen LogP contribution is 2.21. The van der Waals surface area contributed by atoms with E-state index in [9.17, 15) is 4.79 Å². The summed E-state index contributed by atoms with van der Waals surface area (Å²) in [5.74, 6) is -0.299. The molecule has 0 atom stereocenters. The molecule has 1 heterocycles. The topological polar surface area (TPSA) is 38.3 Å². The lowest BCUT2D eigenvalue weighted by atomic mass is 10.1. The highest BCUT2D eigenvalue weighted by Gasteiger charge is 2.11. The van der Waals surface area contributed by atoms with Crippen molar-refractivity contribution in [1.82, 2.24) is 0 Å². The van der Waals surface area contributed by atoms with Crippen molar-refractivity contribution < 1.29 is 9.53 Å². The molecular formula is C14H15NO2S. The summed E-state index contributed by atoms with van der Waals surface area (Å²) < 4.78 is 4.76. The molecule has 1 N–H and O–H groups in total. The molecule has 3 nitrogen and oxygen atoms in total. The zero-order valence-electron chi connectivity index (χ0n) is 10.4. The van der Waals surface area contributed by atoms with Gasteiger partial charge < -0.3 is 10.1 Å². The molecule has 0 saturated carbocycles. The van der Waals surface area contributed by atoms with Crippen LogP contribution < -0.4 is 5.32 Å². The van der Waals surface area contributed by atoms with Gasteiger partial charge in [0.2, 0.25) is 0 Å². The van der Waals surface area contributed by atoms with Gasteiger partial charge in [-0.3, -0.25) is 0 Å². The van der Waals surface area contributed by atoms with Crippen LogP contribution >= 0.6 is 11.3 Å². The third-order valence-corrected chi connectivity index (χ3v) is 3.65. The van der Waals surface area contributed by atoms with Crippen molar-refractivity contribution in [2.75, 3.05) is 12.4 Å². The second-order valence-electron chi connectivity index (χ2n) is 3.90. The number of rotatable bonds is 4. The van der Waals surface area contributed by atoms with Gasteiger partial charge in [0.15, 0.2) is 0 Å². The average molecular weight is 261 g/mol. The van der Waals surface area contributed by atoms with E-state index in [1.807, 2.05) is 25.1 Å². The van der Waals surface area contributed by atoms with Gasteiger partial charge in [-0.2, -0.15) is 0 Å². The molecule has 0 spiro atoms. The third-order valence-electron chi connectivity index (χ3n) is 2.77. The first-order chi connectivity index (χ1) is 8.72. The molecule has 1 aromatic heterocycles. The monoisotopic (exact) mass is 261 g/mol. The Kier molecular flexibility index (Phi) is 3.99. The lowest BCUT2D eigenvalue weighted by Gasteiger charge is -2.11. The number of nitrogens with one attached hydrogen (secondary N) is 1. The number of thiophene rings is 1. The normalized spacial score (nSPS) is 10.1. The Hall–Kier alpha value is -1.81. The Bertz CT molecular complexity index is 535. The number of hydrogen-bond acceptors (Lipinski definition) is 4. The van der Waals surface area contributed by atoms with E-state index in [2.05, 4.69) is 16.8 Å². The van der Waals surface area contributed by atoms with Gasteiger partial charge in [0.1, 0.15) is 0 Å². The molecule has 2 aromatic rings. The largest absolute Gasteiger partial charge is 0.465 e. The maximum atomic E-state index is 11.6. The summed E-state index contributed by atoms with van der Waals surface area (Å²) in [6.07, 6.45) is 0. The number of methoxy groups -OCH3 is 1. The smallest absolute Gasteiger partial charge is 0.338 e. The maximum absolute atomic E-state index is 11.6. The molecule has 2 rings (SSSR count). The van der Waals surface area contributed by atoms with Crippen molar-refractivity contribution in [3.8, 4) is 0 Å². The first-order valence-electron chi connectivity index (χ1n) is 5.66. The molecule has 1 aromatic carbocycles. The molecule has 0 saturated heterocycles. The first kappa shape index (κ1) is 12.6. The predicted molar refractivity (Wildman–Crippen MR) is 74.2 cm³/mol. The van der Waals surface area contributed by atoms with E-state index >= 15 is 0 Å². The van der Waals surface area contributed by atoms with Crippen molar-refractivity contribution in [2.45, 2.75) is 13.5 Å². The van der Waals surface area contributed by atoms with Gasteiger partial charge in [-0.05, 0) is 36.1 Å². The molecule has 0 unspecified atom stereocenters. The fourth-order valence-electron chi connectivity index (χ4n) is 1.75. The SMILES string of the molecule is COC(=O)c1cccc(NCc2cccs2)c1C. The van der Waals surface area contributed by atoms with Crippen LogP contribution in [0.1, 0.15) is 20.8 Å². The molecule has 18 heavy (non-hydrogen) atoms. The molecule has 0 bridgehead atoms. The number of anilines is 1. The van der Waals surface area contributed by atoms with E-state index in [0.717, 1.165) is 17.8 Å². The minimum Gasteiger partial charge on any atom is -0.465 e. The lowest BCUT2D eigenvalue weighted by Crippen LogP contribution is -2.07. The Labute approximate surface area is 110 Å². The zero-order valence-corrected chi connectivity index (χ0v) is 11.2. The van der Waals surface area contributed by atoms with E-state index in [4.69, 9.17) is 4.74 Å². The van der Waals surface area contributed by atoms with Crippen molar-refractivity contribution >= 4 is 23.0 Å². The summed E-state index contributed by atoms with van der Waals surface area (Å²) in [7, 11) is 1.40. The fourth-order valence-corrected chi connectivity index (χ4v) is 2.40. The Morgan fingerprint density at radius 2 is 2.17 bits per heavy atom. The van der Waals surface area contributed by atoms with Crippen LogP contribution in [0.25, 0.3) is 0 Å². The molecule has 0 fully saturated rings. The number of hydrogen-bond donors (Lipinski definition) is 1. The van der Waals surface area contributed by atoms with Crippen LogP contribution in [0.4, 0.5) is 5.69 Å². The number of carbonyl (C=O) groups excluding carboxylic acids is 1. The molecular weight excluding hydrogens is 246 g/mol. The fraction of sp³-hybridized carbons (Fsp3) is 0.214. The summed E-state index contributed by atoms with van der Waals surface area (Å²) in [6.45, 7) is 2.69. The standard InChI is InChI=1S/C14H15NO2S/c1-10-12(14(16)17-2)6-3-7-13(10)15-9-11-5-4-8-18-11/h3-8,15H,9H2,1-2H3. The van der Waals surface area contributed by atoms with Crippen molar-refractivity contribution in [3.05, 3.63) is 51.7 Å². The molecule has 0 amide bonds. The van der Waals surface area contributed by atoms with Crippen LogP contribution in [0, 0.1) is 6.92 Å². The van der Waals surface area contributed by atoms with E-state index in [0.29, 0.717) is 5.56 Å². The Morgan fingerprint density at radius 3 is 2.83 bits per heavy atom. The van der Waals surface area contributed by atoms with Gasteiger partial charge in [-0.15, -0.1) is 11.3 Å². The van der Waals surface area contributed by atoms with Crippen molar-refractivity contribution in [2.24, 2.45) is 0 Å². The summed E-state index contributed by atoms with van der Waals surface area (Å²) in [5, 5.41) is 5.39. The van der Waals surface area contributed by atoms with Crippen LogP contribution in [-0.2, 0) is 11.3 Å². The summed E-state index contributed by atoms with van der Waals surface area (Å²) in [4.78, 5) is 12.8. The first-order valence-corrected chi connectivity index (χ1v) is 6.54. The van der Waals surface area contributed by atoms with Crippen molar-refractivity contribution in [1.29, 1.82) is 0 Å². The molecule has 0 aliphatic heterocycles. The molecule has 0 aliphatic rings. The highest BCUT2D eigenvalue weighted by molar-refractivity contribution is 7.09. The second-order valence-corrected chi connectivity index (χ2v) is 4.93. The lowest BCUT2D eigenvalue weighted by molar-refractivity contribution is 0.0600. The molecule has 4 heteroatoms. The van der Waals surface area contributed by atoms with E-state index in [1.165, 1.54) is 12.0 Å². The van der Waals surface area contributed by atoms with Crippen LogP contribution in [0.5, 0.6) is 0 Å². The van der Waals surface area contributed by atoms with E-state index in [1.54, 1.807) is 17.4 Å². The van der Waals surface area contributed by atoms with Gasteiger partial charge in [0, 0.05) is 17.1 Å². The van der Waals surface area contributed by atoms with Crippen LogP contribution in [0.3, 0.4) is 0 Å². The number of carbonyl (C=O) groups is 1. The minimum absolute atomic E-state index is 0.299. The minimum atomic E-state index is -0.299. The number of esters is 1. The molecule has 0 aliphatic carbocycles. The van der Waals surface area contributed by atoms with Gasteiger partial charge in [0.25, 0.3) is 0 Å². The number of benzene rings is 1. The maximum Gasteiger partial charge on any atom is 0.338 e. The predicted octanol–water partition coefficient (Wildman–Crippen LogP) is 3.46. The van der Waals surface area contributed by atoms with Gasteiger partial charge in [0.05, 0.1) is 12.7 Å². The molecule has 0 radical (unpaired) electrons. The highest BCUT2D eigenvalue weighted by atomic mass is 32.1. The van der Waals surface area contributed by atoms with Crippen LogP contribution in [0.15, 0.2) is 35.7 Å². The van der Waals surface area contributed by atoms with Crippen LogP contribution in [-0.4, -0.2) is 13.1 Å². The van der Waals surface area contributed by atoms with Gasteiger partial charge >= 0.3 is 5.97 Å². The summed E-state index contributed by atoms with van der Waals surface area (Å²) in [5.41, 5.74) is 2.49. The quantitative estimate of drug-likeness (QED) is 0.857. The summed E-state index contributed by atoms with van der Waals surface area (Å²) >= 11 is 1.71. The van der Waals surface area contributed by atoms with E-state index in [-0.39, 0.29) is 5.97 Å². The van der Waals surface area contributed by atoms with Gasteiger partial charge in [-0.1, -0.05) is 12.1 Å². The van der Waals surface area contributed by atoms with Crippen LogP contribution in [0.2, 0.25) is 0 Å². The van der Waals surface area contributed by atoms with E-state index < -0.39 is 0 Å². The summed E-state index contributed by atoms with van der Waals surface area (Å²) in [6, 6.07) is 9.71. The second kappa shape index (κ2) is 5.69. The van der Waals surface area contributed by atoms with Gasteiger partial charge in [-0.25, -0.2) is 4.79 Å². The third kappa shape index (κ3) is 2.71. The zero-order chi connectivity index (χ0) is 13.0. The van der Waals surface area contributed by atoms with Crippen molar-refractivity contribution in [3.63, 3.8) is 0 Å².